The Morgan fingerprint density at radius 1 is 0.964 bits per heavy atom. The molecular weight excluding hydrogens is 732 g/mol. The minimum atomic E-state index is -3.10. The van der Waals surface area contributed by atoms with E-state index in [0.717, 1.165) is 27.7 Å². The number of Topliss-reactive ketones (excluding diaryl/α,β-unsaturated/α-hetero) is 1. The van der Waals surface area contributed by atoms with Crippen molar-refractivity contribution in [2.75, 3.05) is 6.61 Å². The minimum Gasteiger partial charge on any atom is -0.472 e. The van der Waals surface area contributed by atoms with Crippen LogP contribution in [0.3, 0.4) is 0 Å². The molecule has 7 rings (SSSR count). The molecule has 300 valence electrons. The van der Waals surface area contributed by atoms with Crippen LogP contribution in [0, 0.1) is 28.1 Å². The number of rotatable bonds is 9. The number of esters is 5. The molecule has 55 heavy (non-hydrogen) atoms. The summed E-state index contributed by atoms with van der Waals surface area (Å²) in [6.45, 7) is 7.57. The summed E-state index contributed by atoms with van der Waals surface area (Å²) in [5.41, 5.74) is -17.4. The third kappa shape index (κ3) is 4.32. The molecule has 18 heteroatoms. The van der Waals surface area contributed by atoms with Crippen molar-refractivity contribution in [3.63, 3.8) is 0 Å². The average molecular weight is 777 g/mol. The van der Waals surface area contributed by atoms with Gasteiger partial charge in [-0.05, 0) is 18.4 Å². The fourth-order valence-corrected chi connectivity index (χ4v) is 12.2. The van der Waals surface area contributed by atoms with E-state index in [-0.39, 0.29) is 12.0 Å². The maximum absolute atomic E-state index is 14.3. The quantitative estimate of drug-likeness (QED) is 0.235. The highest BCUT2D eigenvalue weighted by Gasteiger charge is 3.04. The summed E-state index contributed by atoms with van der Waals surface area (Å²) in [6.07, 6.45) is -10.9. The maximum Gasteiger partial charge on any atom is 0.509 e. The molecule has 4 saturated carbocycles. The number of carbonyl (C=O) groups is 7. The number of hydrogen-bond acceptors (Lipinski definition) is 18. The molecule has 2 bridgehead atoms. The van der Waals surface area contributed by atoms with Gasteiger partial charge < -0.3 is 52.9 Å². The summed E-state index contributed by atoms with van der Waals surface area (Å²) in [5, 5.41) is 40.3. The Morgan fingerprint density at radius 2 is 1.62 bits per heavy atom. The van der Waals surface area contributed by atoms with Crippen LogP contribution in [0.1, 0.15) is 85.8 Å². The van der Waals surface area contributed by atoms with Gasteiger partial charge in [0.05, 0.1) is 23.4 Å². The minimum absolute atomic E-state index is 0.121. The lowest BCUT2D eigenvalue weighted by Crippen LogP contribution is -2.98. The Labute approximate surface area is 314 Å². The van der Waals surface area contributed by atoms with Crippen LogP contribution in [0.15, 0.2) is 23.0 Å². The molecule has 0 amide bonds. The molecule has 0 aromatic carbocycles. The highest BCUT2D eigenvalue weighted by molar-refractivity contribution is 5.80. The van der Waals surface area contributed by atoms with Gasteiger partial charge in [-0.1, -0.05) is 20.8 Å². The highest BCUT2D eigenvalue weighted by atomic mass is 16.8. The Bertz CT molecular complexity index is 1880. The molecule has 6 aliphatic rings. The van der Waals surface area contributed by atoms with Crippen molar-refractivity contribution in [2.24, 2.45) is 28.1 Å². The third-order valence-electron chi connectivity index (χ3n) is 13.8. The number of cyclic esters (lactones) is 1. The maximum atomic E-state index is 14.3. The van der Waals surface area contributed by atoms with Crippen LogP contribution >= 0.6 is 0 Å². The summed E-state index contributed by atoms with van der Waals surface area (Å²) in [6, 6.07) is 1.41. The molecule has 2 saturated heterocycles. The topological polar surface area (TPSA) is 258 Å². The van der Waals surface area contributed by atoms with Crippen molar-refractivity contribution in [3.8, 4) is 0 Å². The van der Waals surface area contributed by atoms with Gasteiger partial charge in [0, 0.05) is 63.9 Å². The Kier molecular flexibility index (Phi) is 8.43. The van der Waals surface area contributed by atoms with E-state index in [1.54, 1.807) is 0 Å². The number of furan rings is 1. The summed E-state index contributed by atoms with van der Waals surface area (Å²) in [5.74, 6) is -8.44. The largest absolute Gasteiger partial charge is 0.509 e. The summed E-state index contributed by atoms with van der Waals surface area (Å²) >= 11 is 0. The molecule has 18 nitrogen and oxygen atoms in total. The second kappa shape index (κ2) is 12.0. The number of fused-ring (bicyclic) bond motifs is 3. The molecule has 1 aromatic rings. The summed E-state index contributed by atoms with van der Waals surface area (Å²) in [4.78, 5) is 94.1. The van der Waals surface area contributed by atoms with Crippen molar-refractivity contribution < 1.29 is 86.5 Å². The zero-order valence-corrected chi connectivity index (χ0v) is 31.3. The lowest BCUT2D eigenvalue weighted by molar-refractivity contribution is -0.451. The molecule has 3 N–H and O–H groups in total. The van der Waals surface area contributed by atoms with Gasteiger partial charge in [-0.2, -0.15) is 0 Å². The molecular formula is C37H44O18. The first-order valence-electron chi connectivity index (χ1n) is 18.0. The van der Waals surface area contributed by atoms with E-state index in [4.69, 9.17) is 37.6 Å². The molecule has 6 fully saturated rings. The smallest absolute Gasteiger partial charge is 0.472 e. The van der Waals surface area contributed by atoms with Crippen LogP contribution in [-0.2, 0) is 61.9 Å². The van der Waals surface area contributed by atoms with Crippen LogP contribution in [0.4, 0.5) is 4.79 Å². The molecule has 1 aromatic heterocycles. The number of ketones is 1. The van der Waals surface area contributed by atoms with Crippen molar-refractivity contribution in [3.05, 3.63) is 24.2 Å². The van der Waals surface area contributed by atoms with Gasteiger partial charge in [0.1, 0.15) is 30.2 Å². The molecule has 3 heterocycles. The second-order valence-electron chi connectivity index (χ2n) is 16.3. The van der Waals surface area contributed by atoms with Crippen LogP contribution in [0.25, 0.3) is 0 Å². The van der Waals surface area contributed by atoms with Gasteiger partial charge in [0.25, 0.3) is 0 Å². The number of hydrogen-bond donors (Lipinski definition) is 3. The zero-order valence-electron chi connectivity index (χ0n) is 31.3. The first kappa shape index (κ1) is 38.7. The number of ether oxygens (including phenoxy) is 7. The van der Waals surface area contributed by atoms with E-state index in [1.165, 1.54) is 39.4 Å². The van der Waals surface area contributed by atoms with E-state index < -0.39 is 149 Å². The van der Waals surface area contributed by atoms with E-state index >= 15 is 0 Å². The molecule has 4 aliphatic carbocycles. The SMILES string of the molecule is CCC(=O)C[C@@H]1[C@](C)([C@H](OC(C)=O)c2ccoc2)[C@@H](OC(C)=O)[C@@H](OC(C)=O)[C@@]2(O)[C@@]13OC(=O)O[C@@H]3[C@@]1(OC(C)=O)[C@@H](O)[C@]3(C)C[C@@]1(O)[C@]21COC(=O)C[C@@H]31. The van der Waals surface area contributed by atoms with Crippen LogP contribution in [-0.4, -0.2) is 111 Å². The first-order valence-corrected chi connectivity index (χ1v) is 18.0. The van der Waals surface area contributed by atoms with Gasteiger partial charge in [-0.25, -0.2) is 4.79 Å². The third-order valence-corrected chi connectivity index (χ3v) is 13.8. The monoisotopic (exact) mass is 776 g/mol. The van der Waals surface area contributed by atoms with Gasteiger partial charge >= 0.3 is 36.0 Å². The van der Waals surface area contributed by atoms with Crippen LogP contribution < -0.4 is 0 Å². The molecule has 2 aliphatic heterocycles. The van der Waals surface area contributed by atoms with Crippen molar-refractivity contribution in [1.29, 1.82) is 0 Å². The van der Waals surface area contributed by atoms with Crippen molar-refractivity contribution >= 4 is 41.8 Å². The zero-order chi connectivity index (χ0) is 40.5. The second-order valence-corrected chi connectivity index (χ2v) is 16.3. The van der Waals surface area contributed by atoms with Gasteiger partial charge in [0.2, 0.25) is 5.60 Å². The van der Waals surface area contributed by atoms with Gasteiger partial charge in [-0.3, -0.25) is 28.8 Å². The lowest BCUT2D eigenvalue weighted by atomic mass is 9.32. The van der Waals surface area contributed by atoms with Crippen molar-refractivity contribution in [2.45, 2.75) is 127 Å². The van der Waals surface area contributed by atoms with Gasteiger partial charge in [0.15, 0.2) is 29.5 Å². The normalized spacial score (nSPS) is 45.1. The summed E-state index contributed by atoms with van der Waals surface area (Å²) < 4.78 is 47.2. The van der Waals surface area contributed by atoms with E-state index in [2.05, 4.69) is 0 Å². The Morgan fingerprint density at radius 3 is 2.18 bits per heavy atom. The van der Waals surface area contributed by atoms with Crippen LogP contribution in [0.2, 0.25) is 0 Å². The van der Waals surface area contributed by atoms with E-state index in [9.17, 15) is 48.9 Å². The fraction of sp³-hybridized carbons (Fsp3) is 0.703. The summed E-state index contributed by atoms with van der Waals surface area (Å²) in [7, 11) is 0. The van der Waals surface area contributed by atoms with E-state index in [0.29, 0.717) is 0 Å². The predicted molar refractivity (Wildman–Crippen MR) is 175 cm³/mol. The number of carbonyl (C=O) groups excluding carboxylic acids is 7. The number of aliphatic hydroxyl groups excluding tert-OH is 1. The fourth-order valence-electron chi connectivity index (χ4n) is 12.2. The van der Waals surface area contributed by atoms with E-state index in [1.807, 2.05) is 0 Å². The van der Waals surface area contributed by atoms with Crippen LogP contribution in [0.5, 0.6) is 0 Å². The molecule has 0 unspecified atom stereocenters. The van der Waals surface area contributed by atoms with Gasteiger partial charge in [-0.15, -0.1) is 0 Å². The Balaban J connectivity index is 1.70. The lowest BCUT2D eigenvalue weighted by Gasteiger charge is -2.77. The number of aliphatic hydroxyl groups is 3. The Hall–Kier alpha value is -4.55. The highest BCUT2D eigenvalue weighted by Crippen LogP contribution is 2.85. The molecule has 0 radical (unpaired) electrons. The van der Waals surface area contributed by atoms with Crippen molar-refractivity contribution in [1.82, 2.24) is 0 Å². The molecule has 14 atom stereocenters. The predicted octanol–water partition coefficient (Wildman–Crippen LogP) is 1.14. The average Bonchev–Trinajstić information content (AvgIpc) is 3.83. The first-order chi connectivity index (χ1) is 25.6. The molecule has 2 spiro atoms. The standard InChI is InChI=1S/C37H44O18/c1-8-21(42)11-23-32(7,25(50-16(2)38)20-9-10-48-13-20)26(51-17(3)39)27(52-18(4)40)37(47)33-15-49-24(43)12-22(33)31(6)14-34(33,46)36(28(31)44,54-19(5)41)29-35(23,37)55-30(45)53-29/h9-10,13,22-23,25-29,44,46-47H,8,11-12,14-15H2,1-7H3/t22-,23+,25+,26-,27+,28-,29-,31+,32+,33+,34+,35+,36-,37-/m0/s1.